The van der Waals surface area contributed by atoms with E-state index >= 15 is 0 Å². The lowest BCUT2D eigenvalue weighted by Crippen LogP contribution is -2.03. The van der Waals surface area contributed by atoms with Crippen LogP contribution in [-0.2, 0) is 0 Å². The summed E-state index contributed by atoms with van der Waals surface area (Å²) < 4.78 is 4.36. The molecule has 7 aromatic carbocycles. The normalized spacial score (nSPS) is 11.1. The van der Waals surface area contributed by atoms with Crippen LogP contribution in [0.4, 0.5) is 0 Å². The second-order valence-corrected chi connectivity index (χ2v) is 12.3. The van der Waals surface area contributed by atoms with Gasteiger partial charge in [-0.25, -0.2) is 0 Å². The Balaban J connectivity index is 1.15. The first kappa shape index (κ1) is 28.8. The van der Waals surface area contributed by atoms with Crippen LogP contribution in [-0.4, -0.2) is 9.13 Å². The van der Waals surface area contributed by atoms with Crippen molar-refractivity contribution in [2.75, 3.05) is 0 Å². The first-order valence-electron chi connectivity index (χ1n) is 16.3. The van der Waals surface area contributed by atoms with Gasteiger partial charge in [0.15, 0.2) is 0 Å². The molecule has 0 spiro atoms. The average Bonchev–Trinajstić information content (AvgIpc) is 3.70. The molecule has 5 heteroatoms. The molecular formula is C45H25N5. The largest absolute Gasteiger partial charge is 0.309 e. The van der Waals surface area contributed by atoms with Crippen molar-refractivity contribution in [3.8, 4) is 51.8 Å². The van der Waals surface area contributed by atoms with Crippen molar-refractivity contribution in [1.29, 1.82) is 15.8 Å². The quantitative estimate of drug-likeness (QED) is 0.193. The van der Waals surface area contributed by atoms with Crippen molar-refractivity contribution in [3.05, 3.63) is 168 Å². The number of rotatable bonds is 4. The Labute approximate surface area is 287 Å². The molecule has 50 heavy (non-hydrogen) atoms. The van der Waals surface area contributed by atoms with Gasteiger partial charge in [0, 0.05) is 32.8 Å². The van der Waals surface area contributed by atoms with Crippen molar-refractivity contribution < 1.29 is 0 Å². The molecule has 0 aliphatic carbocycles. The summed E-state index contributed by atoms with van der Waals surface area (Å²) in [6.45, 7) is 0. The van der Waals surface area contributed by atoms with Crippen molar-refractivity contribution in [3.63, 3.8) is 0 Å². The molecular weight excluding hydrogens is 611 g/mol. The van der Waals surface area contributed by atoms with E-state index in [0.717, 1.165) is 71.6 Å². The fourth-order valence-corrected chi connectivity index (χ4v) is 7.42. The Hall–Kier alpha value is -7.39. The molecule has 0 aliphatic rings. The van der Waals surface area contributed by atoms with Gasteiger partial charge in [0.05, 0.1) is 56.6 Å². The third-order valence-electron chi connectivity index (χ3n) is 9.66. The monoisotopic (exact) mass is 635 g/mol. The average molecular weight is 636 g/mol. The number of aromatic nitrogens is 2. The van der Waals surface area contributed by atoms with Crippen LogP contribution in [0.3, 0.4) is 0 Å². The number of nitrogens with zero attached hydrogens (tertiary/aromatic N) is 5. The second-order valence-electron chi connectivity index (χ2n) is 12.3. The lowest BCUT2D eigenvalue weighted by Gasteiger charge is -2.17. The summed E-state index contributed by atoms with van der Waals surface area (Å²) in [4.78, 5) is 0. The number of benzene rings is 7. The van der Waals surface area contributed by atoms with Gasteiger partial charge in [0.1, 0.15) is 6.07 Å². The minimum atomic E-state index is 0.499. The molecule has 0 atom stereocenters. The zero-order valence-electron chi connectivity index (χ0n) is 26.7. The predicted molar refractivity (Wildman–Crippen MR) is 200 cm³/mol. The molecule has 0 unspecified atom stereocenters. The van der Waals surface area contributed by atoms with Gasteiger partial charge in [0.25, 0.3) is 0 Å². The Morgan fingerprint density at radius 1 is 0.380 bits per heavy atom. The van der Waals surface area contributed by atoms with Crippen molar-refractivity contribution in [2.24, 2.45) is 0 Å². The maximum atomic E-state index is 10.4. The topological polar surface area (TPSA) is 81.2 Å². The zero-order chi connectivity index (χ0) is 33.8. The van der Waals surface area contributed by atoms with E-state index < -0.39 is 0 Å². The molecule has 0 saturated carbocycles. The Morgan fingerprint density at radius 3 is 1.44 bits per heavy atom. The third kappa shape index (κ3) is 4.31. The highest BCUT2D eigenvalue weighted by atomic mass is 15.0. The van der Waals surface area contributed by atoms with Gasteiger partial charge in [-0.05, 0) is 77.4 Å². The summed E-state index contributed by atoms with van der Waals surface area (Å²) in [6.07, 6.45) is 0. The highest BCUT2D eigenvalue weighted by Crippen LogP contribution is 2.40. The van der Waals surface area contributed by atoms with Crippen LogP contribution in [0.25, 0.3) is 77.2 Å². The molecule has 2 aromatic heterocycles. The van der Waals surface area contributed by atoms with E-state index in [2.05, 4.69) is 100 Å². The number of hydrogen-bond acceptors (Lipinski definition) is 3. The summed E-state index contributed by atoms with van der Waals surface area (Å²) in [5.74, 6) is 0. The standard InChI is InChI=1S/C45H25N5/c46-26-29-13-24-43-39(25-29)38-9-3-4-10-40(38)49(43)35-22-20-31(21-23-35)30-14-16-32(17-15-30)44-33(27-47)18-19-34(28-48)45(44)50-41-11-5-1-7-36(41)37-8-2-6-12-42(37)50/h1-25H. The van der Waals surface area contributed by atoms with Crippen molar-refractivity contribution >= 4 is 43.6 Å². The molecule has 0 radical (unpaired) electrons. The van der Waals surface area contributed by atoms with E-state index in [1.807, 2.05) is 66.7 Å². The van der Waals surface area contributed by atoms with Gasteiger partial charge in [-0.15, -0.1) is 0 Å². The molecule has 9 rings (SSSR count). The Kier molecular flexibility index (Phi) is 6.56. The van der Waals surface area contributed by atoms with Crippen LogP contribution in [0, 0.1) is 34.0 Å². The second kappa shape index (κ2) is 11.4. The molecule has 230 valence electrons. The van der Waals surface area contributed by atoms with Gasteiger partial charge in [-0.1, -0.05) is 91.0 Å². The van der Waals surface area contributed by atoms with Gasteiger partial charge in [-0.3, -0.25) is 0 Å². The summed E-state index contributed by atoms with van der Waals surface area (Å²) in [5.41, 5.74) is 11.2. The van der Waals surface area contributed by atoms with Crippen molar-refractivity contribution in [2.45, 2.75) is 0 Å². The SMILES string of the molecule is N#Cc1ccc2c(c1)c1ccccc1n2-c1ccc(-c2ccc(-c3c(C#N)ccc(C#N)c3-n3c4ccccc4c4ccccc43)cc2)cc1. The molecule has 5 nitrogen and oxygen atoms in total. The van der Waals surface area contributed by atoms with Gasteiger partial charge < -0.3 is 9.13 Å². The van der Waals surface area contributed by atoms with E-state index in [1.165, 1.54) is 0 Å². The molecule has 0 N–H and O–H groups in total. The summed E-state index contributed by atoms with van der Waals surface area (Å²) in [5, 5.41) is 34.5. The predicted octanol–water partition coefficient (Wildman–Crippen LogP) is 10.8. The molecule has 0 fully saturated rings. The van der Waals surface area contributed by atoms with Gasteiger partial charge in [0.2, 0.25) is 0 Å². The van der Waals surface area contributed by atoms with E-state index in [1.54, 1.807) is 12.1 Å². The van der Waals surface area contributed by atoms with Crippen molar-refractivity contribution in [1.82, 2.24) is 9.13 Å². The highest BCUT2D eigenvalue weighted by molar-refractivity contribution is 6.11. The number of fused-ring (bicyclic) bond motifs is 6. The smallest absolute Gasteiger partial charge is 0.101 e. The number of hydrogen-bond donors (Lipinski definition) is 0. The minimum Gasteiger partial charge on any atom is -0.309 e. The maximum absolute atomic E-state index is 10.4. The van der Waals surface area contributed by atoms with Crippen LogP contribution >= 0.6 is 0 Å². The van der Waals surface area contributed by atoms with Crippen LogP contribution in [0.5, 0.6) is 0 Å². The highest BCUT2D eigenvalue weighted by Gasteiger charge is 2.21. The molecule has 2 heterocycles. The van der Waals surface area contributed by atoms with Gasteiger partial charge in [-0.2, -0.15) is 15.8 Å². The van der Waals surface area contributed by atoms with E-state index in [4.69, 9.17) is 0 Å². The molecule has 0 aliphatic heterocycles. The molecule has 9 aromatic rings. The fraction of sp³-hybridized carbons (Fsp3) is 0. The lowest BCUT2D eigenvalue weighted by molar-refractivity contribution is 1.17. The molecule has 0 amide bonds. The van der Waals surface area contributed by atoms with E-state index in [-0.39, 0.29) is 0 Å². The van der Waals surface area contributed by atoms with E-state index in [9.17, 15) is 15.8 Å². The summed E-state index contributed by atoms with van der Waals surface area (Å²) in [7, 11) is 0. The van der Waals surface area contributed by atoms with E-state index in [0.29, 0.717) is 22.4 Å². The number of para-hydroxylation sites is 3. The van der Waals surface area contributed by atoms with Crippen LogP contribution in [0.15, 0.2) is 152 Å². The Bertz CT molecular complexity index is 2890. The van der Waals surface area contributed by atoms with Crippen LogP contribution in [0.2, 0.25) is 0 Å². The summed E-state index contributed by atoms with van der Waals surface area (Å²) >= 11 is 0. The maximum Gasteiger partial charge on any atom is 0.101 e. The van der Waals surface area contributed by atoms with Crippen LogP contribution < -0.4 is 0 Å². The van der Waals surface area contributed by atoms with Gasteiger partial charge >= 0.3 is 0 Å². The number of nitriles is 3. The third-order valence-corrected chi connectivity index (χ3v) is 9.66. The first-order chi connectivity index (χ1) is 24.7. The lowest BCUT2D eigenvalue weighted by atomic mass is 9.93. The minimum absolute atomic E-state index is 0.499. The Morgan fingerprint density at radius 2 is 0.860 bits per heavy atom. The zero-order valence-corrected chi connectivity index (χ0v) is 26.7. The van der Waals surface area contributed by atoms with Crippen LogP contribution in [0.1, 0.15) is 16.7 Å². The molecule has 0 bridgehead atoms. The first-order valence-corrected chi connectivity index (χ1v) is 16.3. The molecule has 0 saturated heterocycles. The fourth-order valence-electron chi connectivity index (χ4n) is 7.42. The summed E-state index contributed by atoms with van der Waals surface area (Å²) in [6, 6.07) is 57.8.